The van der Waals surface area contributed by atoms with Gasteiger partial charge in [0.2, 0.25) is 0 Å². The highest BCUT2D eigenvalue weighted by atomic mass is 16.3. The summed E-state index contributed by atoms with van der Waals surface area (Å²) < 4.78 is 0. The second kappa shape index (κ2) is 2.99. The third-order valence-corrected chi connectivity index (χ3v) is 3.42. The van der Waals surface area contributed by atoms with Crippen molar-refractivity contribution in [1.29, 1.82) is 0 Å². The van der Waals surface area contributed by atoms with Gasteiger partial charge in [0.15, 0.2) is 0 Å². The number of phenols is 1. The molecule has 2 heteroatoms. The van der Waals surface area contributed by atoms with Gasteiger partial charge in [0.25, 0.3) is 0 Å². The van der Waals surface area contributed by atoms with E-state index in [4.69, 9.17) is 10.8 Å². The summed E-state index contributed by atoms with van der Waals surface area (Å²) in [5, 5.41) is 9.17. The predicted octanol–water partition coefficient (Wildman–Crippen LogP) is 2.23. The average molecular weight is 191 g/mol. The highest BCUT2D eigenvalue weighted by Crippen LogP contribution is 2.53. The Morgan fingerprint density at radius 1 is 1.36 bits per heavy atom. The van der Waals surface area contributed by atoms with Gasteiger partial charge in [-0.05, 0) is 30.0 Å². The standard InChI is InChI=1S/C12H17NO/c1-8(2)12(13)7-11(12)9-3-5-10(14)6-4-9/h3-6,8,11,14H,7,13H2,1-2H3. The number of aromatic hydroxyl groups is 1. The molecule has 0 bridgehead atoms. The Hall–Kier alpha value is -1.02. The second-order valence-electron chi connectivity index (χ2n) is 4.62. The molecule has 0 spiro atoms. The maximum atomic E-state index is 9.17. The molecule has 0 radical (unpaired) electrons. The summed E-state index contributed by atoms with van der Waals surface area (Å²) in [7, 11) is 0. The van der Waals surface area contributed by atoms with Gasteiger partial charge in [0, 0.05) is 11.5 Å². The van der Waals surface area contributed by atoms with Gasteiger partial charge in [-0.1, -0.05) is 26.0 Å². The van der Waals surface area contributed by atoms with Gasteiger partial charge in [-0.3, -0.25) is 0 Å². The lowest BCUT2D eigenvalue weighted by atomic mass is 9.97. The van der Waals surface area contributed by atoms with Crippen LogP contribution < -0.4 is 5.73 Å². The van der Waals surface area contributed by atoms with E-state index in [1.807, 2.05) is 12.1 Å². The number of hydrogen-bond acceptors (Lipinski definition) is 2. The Kier molecular flexibility index (Phi) is 2.04. The van der Waals surface area contributed by atoms with Crippen LogP contribution in [0.5, 0.6) is 5.75 Å². The Labute approximate surface area is 84.7 Å². The summed E-state index contributed by atoms with van der Waals surface area (Å²) in [6.45, 7) is 4.33. The molecule has 0 amide bonds. The lowest BCUT2D eigenvalue weighted by molar-refractivity contribution is 0.463. The van der Waals surface area contributed by atoms with E-state index < -0.39 is 0 Å². The van der Waals surface area contributed by atoms with Gasteiger partial charge in [-0.15, -0.1) is 0 Å². The first-order valence-electron chi connectivity index (χ1n) is 5.12. The maximum Gasteiger partial charge on any atom is 0.115 e. The van der Waals surface area contributed by atoms with E-state index in [9.17, 15) is 0 Å². The average Bonchev–Trinajstić information content (AvgIpc) is 2.81. The van der Waals surface area contributed by atoms with Gasteiger partial charge in [0.1, 0.15) is 5.75 Å². The zero-order valence-electron chi connectivity index (χ0n) is 8.70. The molecule has 2 atom stereocenters. The normalized spacial score (nSPS) is 30.7. The molecule has 2 unspecified atom stereocenters. The van der Waals surface area contributed by atoms with Crippen molar-refractivity contribution in [3.8, 4) is 5.75 Å². The van der Waals surface area contributed by atoms with Gasteiger partial charge in [0.05, 0.1) is 0 Å². The van der Waals surface area contributed by atoms with E-state index >= 15 is 0 Å². The number of rotatable bonds is 2. The lowest BCUT2D eigenvalue weighted by Gasteiger charge is -2.15. The predicted molar refractivity (Wildman–Crippen MR) is 57.2 cm³/mol. The largest absolute Gasteiger partial charge is 0.508 e. The summed E-state index contributed by atoms with van der Waals surface area (Å²) in [5.74, 6) is 1.31. The van der Waals surface area contributed by atoms with Gasteiger partial charge in [-0.25, -0.2) is 0 Å². The molecule has 1 fully saturated rings. The molecule has 3 N–H and O–H groups in total. The molecule has 1 aromatic carbocycles. The SMILES string of the molecule is CC(C)C1(N)CC1c1ccc(O)cc1. The molecule has 0 aromatic heterocycles. The molecule has 14 heavy (non-hydrogen) atoms. The van der Waals surface area contributed by atoms with Crippen molar-refractivity contribution in [2.45, 2.75) is 31.7 Å². The van der Waals surface area contributed by atoms with Crippen LogP contribution >= 0.6 is 0 Å². The third-order valence-electron chi connectivity index (χ3n) is 3.42. The van der Waals surface area contributed by atoms with E-state index in [0.29, 0.717) is 17.6 Å². The zero-order valence-corrected chi connectivity index (χ0v) is 8.70. The Bertz CT molecular complexity index is 331. The second-order valence-corrected chi connectivity index (χ2v) is 4.62. The molecule has 2 rings (SSSR count). The van der Waals surface area contributed by atoms with Crippen LogP contribution in [0.4, 0.5) is 0 Å². The molecule has 1 aromatic rings. The van der Waals surface area contributed by atoms with Crippen LogP contribution in [0.3, 0.4) is 0 Å². The van der Waals surface area contributed by atoms with E-state index in [1.165, 1.54) is 5.56 Å². The topological polar surface area (TPSA) is 46.2 Å². The summed E-state index contributed by atoms with van der Waals surface area (Å²) in [6, 6.07) is 7.40. The van der Waals surface area contributed by atoms with E-state index in [1.54, 1.807) is 12.1 Å². The van der Waals surface area contributed by atoms with E-state index in [-0.39, 0.29) is 5.54 Å². The molecule has 1 saturated carbocycles. The Balaban J connectivity index is 2.17. The number of nitrogens with two attached hydrogens (primary N) is 1. The molecule has 0 aliphatic heterocycles. The van der Waals surface area contributed by atoms with Gasteiger partial charge >= 0.3 is 0 Å². The molecule has 0 saturated heterocycles. The van der Waals surface area contributed by atoms with Gasteiger partial charge in [-0.2, -0.15) is 0 Å². The zero-order chi connectivity index (χ0) is 10.3. The maximum absolute atomic E-state index is 9.17. The molecule has 1 aliphatic carbocycles. The van der Waals surface area contributed by atoms with Crippen LogP contribution in [0.2, 0.25) is 0 Å². The quantitative estimate of drug-likeness (QED) is 0.753. The highest BCUT2D eigenvalue weighted by Gasteiger charge is 2.53. The minimum Gasteiger partial charge on any atom is -0.508 e. The van der Waals surface area contributed by atoms with Crippen molar-refractivity contribution in [3.05, 3.63) is 29.8 Å². The highest BCUT2D eigenvalue weighted by molar-refractivity contribution is 5.36. The van der Waals surface area contributed by atoms with Crippen molar-refractivity contribution in [1.82, 2.24) is 0 Å². The first-order chi connectivity index (χ1) is 6.54. The summed E-state index contributed by atoms with van der Waals surface area (Å²) >= 11 is 0. The van der Waals surface area contributed by atoms with Crippen molar-refractivity contribution in [2.24, 2.45) is 11.7 Å². The number of phenolic OH excluding ortho intramolecular Hbond substituents is 1. The number of benzene rings is 1. The minimum absolute atomic E-state index is 0.0169. The van der Waals surface area contributed by atoms with Crippen molar-refractivity contribution < 1.29 is 5.11 Å². The third kappa shape index (κ3) is 1.40. The molecule has 0 heterocycles. The summed E-state index contributed by atoms with van der Waals surface area (Å²) in [6.07, 6.45) is 1.06. The Morgan fingerprint density at radius 2 is 1.93 bits per heavy atom. The van der Waals surface area contributed by atoms with Crippen LogP contribution in [0, 0.1) is 5.92 Å². The van der Waals surface area contributed by atoms with Gasteiger partial charge < -0.3 is 10.8 Å². The van der Waals surface area contributed by atoms with Crippen molar-refractivity contribution >= 4 is 0 Å². The molecule has 1 aliphatic rings. The number of hydrogen-bond donors (Lipinski definition) is 2. The fourth-order valence-corrected chi connectivity index (χ4v) is 2.07. The molecular weight excluding hydrogens is 174 g/mol. The summed E-state index contributed by atoms with van der Waals surface area (Å²) in [5.41, 5.74) is 7.47. The van der Waals surface area contributed by atoms with Crippen molar-refractivity contribution in [3.63, 3.8) is 0 Å². The van der Waals surface area contributed by atoms with Crippen LogP contribution in [0.1, 0.15) is 31.7 Å². The van der Waals surface area contributed by atoms with Crippen LogP contribution in [0.25, 0.3) is 0 Å². The van der Waals surface area contributed by atoms with Crippen LogP contribution in [-0.2, 0) is 0 Å². The Morgan fingerprint density at radius 3 is 2.36 bits per heavy atom. The first-order valence-corrected chi connectivity index (χ1v) is 5.12. The first kappa shape index (κ1) is 9.53. The lowest BCUT2D eigenvalue weighted by Crippen LogP contribution is -2.30. The van der Waals surface area contributed by atoms with Crippen LogP contribution in [-0.4, -0.2) is 10.6 Å². The molecule has 76 valence electrons. The molecule has 2 nitrogen and oxygen atoms in total. The van der Waals surface area contributed by atoms with E-state index in [0.717, 1.165) is 6.42 Å². The minimum atomic E-state index is -0.0169. The fourth-order valence-electron chi connectivity index (χ4n) is 2.07. The monoisotopic (exact) mass is 191 g/mol. The van der Waals surface area contributed by atoms with Crippen LogP contribution in [0.15, 0.2) is 24.3 Å². The fraction of sp³-hybridized carbons (Fsp3) is 0.500. The van der Waals surface area contributed by atoms with Crippen molar-refractivity contribution in [2.75, 3.05) is 0 Å². The summed E-state index contributed by atoms with van der Waals surface area (Å²) in [4.78, 5) is 0. The smallest absolute Gasteiger partial charge is 0.115 e. The molecular formula is C12H17NO. The van der Waals surface area contributed by atoms with E-state index in [2.05, 4.69) is 13.8 Å².